The van der Waals surface area contributed by atoms with Crippen LogP contribution in [0, 0.1) is 5.82 Å². The van der Waals surface area contributed by atoms with E-state index in [4.69, 9.17) is 4.74 Å². The van der Waals surface area contributed by atoms with Crippen LogP contribution in [-0.4, -0.2) is 11.7 Å². The minimum absolute atomic E-state index is 0.0259. The Morgan fingerprint density at radius 2 is 1.95 bits per heavy atom. The van der Waals surface area contributed by atoms with E-state index in [1.165, 1.54) is 6.07 Å². The van der Waals surface area contributed by atoms with Gasteiger partial charge in [-0.2, -0.15) is 0 Å². The summed E-state index contributed by atoms with van der Waals surface area (Å²) in [7, 11) is 0. The fourth-order valence-corrected chi connectivity index (χ4v) is 2.23. The fraction of sp³-hybridized carbons (Fsp3) is 0.294. The van der Waals surface area contributed by atoms with E-state index < -0.39 is 5.82 Å². The zero-order valence-corrected chi connectivity index (χ0v) is 12.3. The summed E-state index contributed by atoms with van der Waals surface area (Å²) in [6, 6.07) is 11.9. The molecule has 0 aliphatic rings. The van der Waals surface area contributed by atoms with Crippen LogP contribution in [0.4, 0.5) is 4.39 Å². The van der Waals surface area contributed by atoms with Gasteiger partial charge in [-0.25, -0.2) is 4.39 Å². The molecule has 0 heterocycles. The van der Waals surface area contributed by atoms with Gasteiger partial charge < -0.3 is 15.2 Å². The van der Waals surface area contributed by atoms with Crippen molar-refractivity contribution in [2.45, 2.75) is 26.5 Å². The molecule has 0 saturated heterocycles. The second-order valence-electron chi connectivity index (χ2n) is 4.81. The Labute approximate surface area is 124 Å². The van der Waals surface area contributed by atoms with Crippen LogP contribution in [0.25, 0.3) is 0 Å². The van der Waals surface area contributed by atoms with Crippen LogP contribution in [0.1, 0.15) is 31.0 Å². The summed E-state index contributed by atoms with van der Waals surface area (Å²) in [5, 5.41) is 12.6. The van der Waals surface area contributed by atoms with Crippen LogP contribution in [0.15, 0.2) is 42.5 Å². The standard InChI is InChI=1S/C17H20FNO2/c1-3-19-12(2)14-8-6-9-15(18)17(14)21-16-10-5-4-7-13(16)11-20/h4-10,12,19-20H,3,11H2,1-2H3. The van der Waals surface area contributed by atoms with Gasteiger partial charge in [-0.3, -0.25) is 0 Å². The maximum Gasteiger partial charge on any atom is 0.167 e. The third-order valence-electron chi connectivity index (χ3n) is 3.33. The normalized spacial score (nSPS) is 12.2. The minimum Gasteiger partial charge on any atom is -0.454 e. The van der Waals surface area contributed by atoms with Crippen molar-refractivity contribution in [3.63, 3.8) is 0 Å². The van der Waals surface area contributed by atoms with Gasteiger partial charge in [0.1, 0.15) is 5.75 Å². The molecule has 1 atom stereocenters. The number of rotatable bonds is 6. The Bertz CT molecular complexity index is 601. The average molecular weight is 289 g/mol. The van der Waals surface area contributed by atoms with Crippen molar-refractivity contribution in [1.82, 2.24) is 5.32 Å². The maximum absolute atomic E-state index is 14.2. The molecule has 0 saturated carbocycles. The van der Waals surface area contributed by atoms with Gasteiger partial charge >= 0.3 is 0 Å². The second kappa shape index (κ2) is 7.20. The number of aliphatic hydroxyl groups is 1. The molecule has 2 aromatic rings. The Morgan fingerprint density at radius 1 is 1.19 bits per heavy atom. The smallest absolute Gasteiger partial charge is 0.167 e. The molecule has 4 heteroatoms. The quantitative estimate of drug-likeness (QED) is 0.850. The average Bonchev–Trinajstić information content (AvgIpc) is 2.50. The molecule has 0 fully saturated rings. The van der Waals surface area contributed by atoms with Crippen molar-refractivity contribution >= 4 is 0 Å². The van der Waals surface area contributed by atoms with E-state index in [9.17, 15) is 9.50 Å². The first-order chi connectivity index (χ1) is 10.2. The van der Waals surface area contributed by atoms with E-state index in [0.717, 1.165) is 12.1 Å². The van der Waals surface area contributed by atoms with Gasteiger partial charge in [0.15, 0.2) is 11.6 Å². The Hall–Kier alpha value is -1.91. The first-order valence-electron chi connectivity index (χ1n) is 7.05. The van der Waals surface area contributed by atoms with Crippen molar-refractivity contribution in [3.05, 3.63) is 59.4 Å². The lowest BCUT2D eigenvalue weighted by Crippen LogP contribution is -2.18. The van der Waals surface area contributed by atoms with Crippen molar-refractivity contribution in [2.24, 2.45) is 0 Å². The lowest BCUT2D eigenvalue weighted by molar-refractivity contribution is 0.275. The molecule has 0 radical (unpaired) electrons. The molecule has 0 bridgehead atoms. The van der Waals surface area contributed by atoms with E-state index in [1.807, 2.05) is 26.0 Å². The number of aliphatic hydroxyl groups excluding tert-OH is 1. The van der Waals surface area contributed by atoms with Crippen LogP contribution in [0.3, 0.4) is 0 Å². The van der Waals surface area contributed by atoms with E-state index in [1.54, 1.807) is 24.3 Å². The highest BCUT2D eigenvalue weighted by atomic mass is 19.1. The van der Waals surface area contributed by atoms with Gasteiger partial charge in [0, 0.05) is 17.2 Å². The summed E-state index contributed by atoms with van der Waals surface area (Å²) in [5.74, 6) is 0.256. The molecule has 2 rings (SSSR count). The van der Waals surface area contributed by atoms with Gasteiger partial charge in [-0.1, -0.05) is 37.3 Å². The van der Waals surface area contributed by atoms with Crippen molar-refractivity contribution in [2.75, 3.05) is 6.54 Å². The predicted molar refractivity (Wildman–Crippen MR) is 80.9 cm³/mol. The molecule has 112 valence electrons. The number of halogens is 1. The molecular weight excluding hydrogens is 269 g/mol. The summed E-state index contributed by atoms with van der Waals surface area (Å²) >= 11 is 0. The highest BCUT2D eigenvalue weighted by Crippen LogP contribution is 2.33. The van der Waals surface area contributed by atoms with Crippen molar-refractivity contribution in [1.29, 1.82) is 0 Å². The Balaban J connectivity index is 2.39. The number of benzene rings is 2. The Kier molecular flexibility index (Phi) is 5.31. The third-order valence-corrected chi connectivity index (χ3v) is 3.33. The monoisotopic (exact) mass is 289 g/mol. The molecular formula is C17H20FNO2. The molecule has 0 aliphatic heterocycles. The van der Waals surface area contributed by atoms with Gasteiger partial charge in [0.2, 0.25) is 0 Å². The molecule has 0 aromatic heterocycles. The molecule has 2 aromatic carbocycles. The summed E-state index contributed by atoms with van der Waals surface area (Å²) < 4.78 is 19.9. The second-order valence-corrected chi connectivity index (χ2v) is 4.81. The first kappa shape index (κ1) is 15.5. The zero-order valence-electron chi connectivity index (χ0n) is 12.3. The molecule has 1 unspecified atom stereocenters. The van der Waals surface area contributed by atoms with Crippen molar-refractivity contribution in [3.8, 4) is 11.5 Å². The number of hydrogen-bond acceptors (Lipinski definition) is 3. The van der Waals surface area contributed by atoms with Crippen LogP contribution in [0.2, 0.25) is 0 Å². The minimum atomic E-state index is -0.412. The van der Waals surface area contributed by atoms with Crippen LogP contribution >= 0.6 is 0 Å². The number of ether oxygens (including phenoxy) is 1. The molecule has 0 spiro atoms. The van der Waals surface area contributed by atoms with Crippen LogP contribution in [0.5, 0.6) is 11.5 Å². The fourth-order valence-electron chi connectivity index (χ4n) is 2.23. The van der Waals surface area contributed by atoms with Crippen LogP contribution in [-0.2, 0) is 6.61 Å². The van der Waals surface area contributed by atoms with Gasteiger partial charge in [-0.15, -0.1) is 0 Å². The van der Waals surface area contributed by atoms with E-state index in [-0.39, 0.29) is 18.4 Å². The molecule has 21 heavy (non-hydrogen) atoms. The summed E-state index contributed by atoms with van der Waals surface area (Å²) in [5.41, 5.74) is 1.38. The predicted octanol–water partition coefficient (Wildman–Crippen LogP) is 3.78. The SMILES string of the molecule is CCNC(C)c1cccc(F)c1Oc1ccccc1CO. The largest absolute Gasteiger partial charge is 0.454 e. The number of nitrogens with one attached hydrogen (secondary N) is 1. The van der Waals surface area contributed by atoms with Gasteiger partial charge in [-0.05, 0) is 25.6 Å². The van der Waals surface area contributed by atoms with E-state index >= 15 is 0 Å². The van der Waals surface area contributed by atoms with Crippen molar-refractivity contribution < 1.29 is 14.2 Å². The third kappa shape index (κ3) is 3.60. The summed E-state index contributed by atoms with van der Waals surface area (Å²) in [6.45, 7) is 4.59. The summed E-state index contributed by atoms with van der Waals surface area (Å²) in [6.07, 6.45) is 0. The van der Waals surface area contributed by atoms with E-state index in [0.29, 0.717) is 11.3 Å². The molecule has 2 N–H and O–H groups in total. The lowest BCUT2D eigenvalue weighted by Gasteiger charge is -2.19. The number of para-hydroxylation sites is 2. The highest BCUT2D eigenvalue weighted by molar-refractivity contribution is 5.43. The molecule has 0 amide bonds. The van der Waals surface area contributed by atoms with E-state index in [2.05, 4.69) is 5.32 Å². The highest BCUT2D eigenvalue weighted by Gasteiger charge is 2.16. The van der Waals surface area contributed by atoms with Gasteiger partial charge in [0.25, 0.3) is 0 Å². The number of hydrogen-bond donors (Lipinski definition) is 2. The topological polar surface area (TPSA) is 41.5 Å². The molecule has 0 aliphatic carbocycles. The van der Waals surface area contributed by atoms with Crippen LogP contribution < -0.4 is 10.1 Å². The van der Waals surface area contributed by atoms with Gasteiger partial charge in [0.05, 0.1) is 6.61 Å². The summed E-state index contributed by atoms with van der Waals surface area (Å²) in [4.78, 5) is 0. The zero-order chi connectivity index (χ0) is 15.2. The lowest BCUT2D eigenvalue weighted by atomic mass is 10.1. The maximum atomic E-state index is 14.2. The Morgan fingerprint density at radius 3 is 2.67 bits per heavy atom. The molecule has 3 nitrogen and oxygen atoms in total. The first-order valence-corrected chi connectivity index (χ1v) is 7.05.